The van der Waals surface area contributed by atoms with Crippen LogP contribution in [0.15, 0.2) is 30.3 Å². The number of carbonyl (C=O) groups is 3. The lowest BCUT2D eigenvalue weighted by Crippen LogP contribution is -2.33. The molecule has 2 unspecified atom stereocenters. The third-order valence-corrected chi connectivity index (χ3v) is 3.49. The van der Waals surface area contributed by atoms with Crippen molar-refractivity contribution in [2.75, 3.05) is 13.1 Å². The normalized spacial score (nSPS) is 22.7. The van der Waals surface area contributed by atoms with E-state index in [0.717, 1.165) is 10.5 Å². The monoisotopic (exact) mass is 336 g/mol. The van der Waals surface area contributed by atoms with Gasteiger partial charge in [0.25, 0.3) is 0 Å². The van der Waals surface area contributed by atoms with Gasteiger partial charge >= 0.3 is 6.09 Å². The number of ether oxygens (including phenoxy) is 1. The first-order chi connectivity index (χ1) is 11.5. The molecule has 1 aromatic rings. The lowest BCUT2D eigenvalue weighted by atomic mass is 10.2. The van der Waals surface area contributed by atoms with Gasteiger partial charge in [0.05, 0.1) is 31.6 Å². The molecule has 0 aromatic heterocycles. The maximum atomic E-state index is 11.5. The van der Waals surface area contributed by atoms with Gasteiger partial charge in [-0.15, -0.1) is 0 Å². The maximum Gasteiger partial charge on any atom is 0.416 e. The van der Waals surface area contributed by atoms with Crippen LogP contribution in [0.4, 0.5) is 4.79 Å². The Morgan fingerprint density at radius 2 is 1.88 bits per heavy atom. The molecule has 2 aliphatic rings. The molecule has 3 N–H and O–H groups in total. The van der Waals surface area contributed by atoms with Crippen molar-refractivity contribution < 1.29 is 29.3 Å². The van der Waals surface area contributed by atoms with Gasteiger partial charge in [0.1, 0.15) is 6.61 Å². The van der Waals surface area contributed by atoms with Crippen LogP contribution in [-0.4, -0.2) is 58.3 Å². The third-order valence-electron chi connectivity index (χ3n) is 3.49. The fraction of sp³-hybridized carbons (Fsp3) is 0.438. The summed E-state index contributed by atoms with van der Waals surface area (Å²) in [6.07, 6.45) is -1.64. The van der Waals surface area contributed by atoms with E-state index in [1.807, 2.05) is 30.3 Å². The lowest BCUT2D eigenvalue weighted by Gasteiger charge is -2.13. The van der Waals surface area contributed by atoms with E-state index >= 15 is 0 Å². The van der Waals surface area contributed by atoms with Gasteiger partial charge in [-0.2, -0.15) is 0 Å². The first-order valence-electron chi connectivity index (χ1n) is 7.59. The summed E-state index contributed by atoms with van der Waals surface area (Å²) in [4.78, 5) is 34.0. The number of imide groups is 1. The van der Waals surface area contributed by atoms with Gasteiger partial charge in [-0.25, -0.2) is 9.69 Å². The van der Waals surface area contributed by atoms with E-state index in [1.54, 1.807) is 0 Å². The van der Waals surface area contributed by atoms with Crippen LogP contribution in [-0.2, 0) is 20.9 Å². The fourth-order valence-corrected chi connectivity index (χ4v) is 2.25. The Hall–Kier alpha value is -2.45. The molecule has 0 bridgehead atoms. The van der Waals surface area contributed by atoms with Crippen molar-refractivity contribution in [1.29, 1.82) is 0 Å². The Bertz CT molecular complexity index is 591. The number of amides is 3. The van der Waals surface area contributed by atoms with Crippen molar-refractivity contribution in [2.24, 2.45) is 0 Å². The number of benzene rings is 1. The highest BCUT2D eigenvalue weighted by Gasteiger charge is 2.33. The number of β-amino-alcohol motifs (C(OH)–C–C–N with tert-alkyl or cyclic N) is 2. The van der Waals surface area contributed by atoms with Crippen LogP contribution in [0.3, 0.4) is 0 Å². The summed E-state index contributed by atoms with van der Waals surface area (Å²) in [5.41, 5.74) is 0.855. The SMILES string of the molecule is O=C1CC(O)CN1.O=C1CC(O)CN1C(=O)OCc1ccccc1. The molecular formula is C16H20N2O6. The first kappa shape index (κ1) is 17.9. The average Bonchev–Trinajstić information content (AvgIpc) is 3.10. The number of aliphatic hydroxyl groups is 2. The molecule has 3 amide bonds. The molecule has 0 aliphatic carbocycles. The highest BCUT2D eigenvalue weighted by molar-refractivity contribution is 5.93. The Labute approximate surface area is 139 Å². The summed E-state index contributed by atoms with van der Waals surface area (Å²) >= 11 is 0. The molecule has 2 saturated heterocycles. The van der Waals surface area contributed by atoms with E-state index in [1.165, 1.54) is 0 Å². The topological polar surface area (TPSA) is 116 Å². The van der Waals surface area contributed by atoms with Crippen LogP contribution >= 0.6 is 0 Å². The molecule has 0 spiro atoms. The van der Waals surface area contributed by atoms with Crippen molar-refractivity contribution >= 4 is 17.9 Å². The van der Waals surface area contributed by atoms with Gasteiger partial charge in [0.15, 0.2) is 0 Å². The standard InChI is InChI=1S/C12H13NO4.C4H7NO2/c14-10-6-11(15)13(7-10)12(16)17-8-9-4-2-1-3-5-9;6-3-1-4(7)5-2-3/h1-5,10,14H,6-8H2;3,6H,1-2H2,(H,5,7). The average molecular weight is 336 g/mol. The minimum atomic E-state index is -0.772. The maximum absolute atomic E-state index is 11.5. The van der Waals surface area contributed by atoms with E-state index in [0.29, 0.717) is 6.54 Å². The number of aliphatic hydroxyl groups excluding tert-OH is 2. The molecule has 24 heavy (non-hydrogen) atoms. The zero-order valence-electron chi connectivity index (χ0n) is 13.1. The van der Waals surface area contributed by atoms with Gasteiger partial charge in [-0.1, -0.05) is 30.3 Å². The summed E-state index contributed by atoms with van der Waals surface area (Å²) in [5.74, 6) is -0.442. The van der Waals surface area contributed by atoms with Crippen LogP contribution < -0.4 is 5.32 Å². The molecule has 0 saturated carbocycles. The van der Waals surface area contributed by atoms with E-state index in [-0.39, 0.29) is 31.9 Å². The number of hydrogen-bond donors (Lipinski definition) is 3. The Morgan fingerprint density at radius 3 is 2.33 bits per heavy atom. The van der Waals surface area contributed by atoms with Crippen LogP contribution in [0.25, 0.3) is 0 Å². The van der Waals surface area contributed by atoms with E-state index in [9.17, 15) is 19.5 Å². The Balaban J connectivity index is 0.000000249. The van der Waals surface area contributed by atoms with Gasteiger partial charge in [0, 0.05) is 6.54 Å². The van der Waals surface area contributed by atoms with Crippen molar-refractivity contribution in [1.82, 2.24) is 10.2 Å². The second-order valence-corrected chi connectivity index (χ2v) is 5.56. The molecule has 8 heteroatoms. The number of hydrogen-bond acceptors (Lipinski definition) is 6. The zero-order valence-corrected chi connectivity index (χ0v) is 13.1. The highest BCUT2D eigenvalue weighted by atomic mass is 16.6. The van der Waals surface area contributed by atoms with Gasteiger partial charge < -0.3 is 20.3 Å². The summed E-state index contributed by atoms with van der Waals surface area (Å²) < 4.78 is 4.99. The van der Waals surface area contributed by atoms with E-state index in [2.05, 4.69) is 5.32 Å². The second-order valence-electron chi connectivity index (χ2n) is 5.56. The quantitative estimate of drug-likeness (QED) is 0.688. The molecule has 130 valence electrons. The summed E-state index contributed by atoms with van der Waals surface area (Å²) in [5, 5.41) is 20.3. The van der Waals surface area contributed by atoms with Crippen LogP contribution in [0.1, 0.15) is 18.4 Å². The number of nitrogens with zero attached hydrogens (tertiary/aromatic N) is 1. The number of nitrogens with one attached hydrogen (secondary N) is 1. The van der Waals surface area contributed by atoms with Crippen LogP contribution in [0.2, 0.25) is 0 Å². The third kappa shape index (κ3) is 5.32. The number of rotatable bonds is 2. The fourth-order valence-electron chi connectivity index (χ4n) is 2.25. The van der Waals surface area contributed by atoms with E-state index in [4.69, 9.17) is 9.84 Å². The summed E-state index contributed by atoms with van der Waals surface area (Å²) in [6.45, 7) is 0.574. The number of carbonyl (C=O) groups excluding carboxylic acids is 3. The minimum absolute atomic E-state index is 0.0135. The van der Waals surface area contributed by atoms with Crippen molar-refractivity contribution in [3.05, 3.63) is 35.9 Å². The van der Waals surface area contributed by atoms with E-state index < -0.39 is 24.2 Å². The predicted octanol–water partition coefficient (Wildman–Crippen LogP) is -0.216. The molecule has 2 atom stereocenters. The molecule has 1 aromatic carbocycles. The first-order valence-corrected chi connectivity index (χ1v) is 7.59. The Morgan fingerprint density at radius 1 is 1.17 bits per heavy atom. The molecule has 3 rings (SSSR count). The molecular weight excluding hydrogens is 316 g/mol. The van der Waals surface area contributed by atoms with Gasteiger partial charge in [-0.05, 0) is 5.56 Å². The highest BCUT2D eigenvalue weighted by Crippen LogP contribution is 2.13. The smallest absolute Gasteiger partial charge is 0.416 e. The molecule has 0 radical (unpaired) electrons. The summed E-state index contributed by atoms with van der Waals surface area (Å²) in [7, 11) is 0. The van der Waals surface area contributed by atoms with Crippen molar-refractivity contribution in [2.45, 2.75) is 31.7 Å². The lowest BCUT2D eigenvalue weighted by molar-refractivity contribution is -0.126. The molecule has 2 fully saturated rings. The van der Waals surface area contributed by atoms with Gasteiger partial charge in [0.2, 0.25) is 11.8 Å². The Kier molecular flexibility index (Phi) is 6.28. The molecule has 8 nitrogen and oxygen atoms in total. The zero-order chi connectivity index (χ0) is 17.5. The molecule has 2 aliphatic heterocycles. The van der Waals surface area contributed by atoms with Crippen molar-refractivity contribution in [3.63, 3.8) is 0 Å². The van der Waals surface area contributed by atoms with Crippen LogP contribution in [0.5, 0.6) is 0 Å². The minimum Gasteiger partial charge on any atom is -0.444 e. The predicted molar refractivity (Wildman–Crippen MR) is 82.6 cm³/mol. The number of likely N-dealkylation sites (tertiary alicyclic amines) is 1. The van der Waals surface area contributed by atoms with Crippen molar-refractivity contribution in [3.8, 4) is 0 Å². The largest absolute Gasteiger partial charge is 0.444 e. The second kappa shape index (κ2) is 8.42. The van der Waals surface area contributed by atoms with Gasteiger partial charge in [-0.3, -0.25) is 9.59 Å². The van der Waals surface area contributed by atoms with Crippen LogP contribution in [0, 0.1) is 0 Å². The summed E-state index contributed by atoms with van der Waals surface area (Å²) in [6, 6.07) is 9.20. The molecule has 2 heterocycles.